The van der Waals surface area contributed by atoms with Crippen LogP contribution in [0.4, 0.5) is 5.69 Å². The predicted molar refractivity (Wildman–Crippen MR) is 96.4 cm³/mol. The molecule has 3 nitrogen and oxygen atoms in total. The number of nitrogens with one attached hydrogen (secondary N) is 1. The van der Waals surface area contributed by atoms with Crippen molar-refractivity contribution in [2.75, 3.05) is 25.1 Å². The van der Waals surface area contributed by atoms with Crippen LogP contribution in [0.25, 0.3) is 0 Å². The van der Waals surface area contributed by atoms with Crippen LogP contribution in [-0.2, 0) is 0 Å². The molecule has 1 saturated heterocycles. The van der Waals surface area contributed by atoms with E-state index in [0.717, 1.165) is 27.8 Å². The smallest absolute Gasteiger partial charge is 0.135 e. The Morgan fingerprint density at radius 2 is 2.05 bits per heavy atom. The van der Waals surface area contributed by atoms with Crippen molar-refractivity contribution < 1.29 is 4.74 Å². The predicted octanol–water partition coefficient (Wildman–Crippen LogP) is 4.43. The van der Waals surface area contributed by atoms with E-state index in [2.05, 4.69) is 75.0 Å². The maximum atomic E-state index is 5.45. The van der Waals surface area contributed by atoms with Crippen molar-refractivity contribution in [2.45, 2.75) is 39.3 Å². The second-order valence-corrected chi connectivity index (χ2v) is 7.88. The highest BCUT2D eigenvalue weighted by Gasteiger charge is 2.27. The Kier molecular flexibility index (Phi) is 5.97. The van der Waals surface area contributed by atoms with Gasteiger partial charge in [0.05, 0.1) is 17.3 Å². The van der Waals surface area contributed by atoms with Crippen LogP contribution >= 0.6 is 31.9 Å². The molecule has 1 heterocycles. The number of methoxy groups -OCH3 is 1. The Morgan fingerprint density at radius 1 is 1.33 bits per heavy atom. The van der Waals surface area contributed by atoms with E-state index in [1.165, 1.54) is 12.1 Å². The maximum absolute atomic E-state index is 5.45. The highest BCUT2D eigenvalue weighted by molar-refractivity contribution is 9.11. The van der Waals surface area contributed by atoms with Gasteiger partial charge < -0.3 is 15.0 Å². The van der Waals surface area contributed by atoms with Crippen LogP contribution in [0.1, 0.15) is 27.2 Å². The van der Waals surface area contributed by atoms with Crippen LogP contribution in [0.15, 0.2) is 21.1 Å². The third kappa shape index (κ3) is 4.14. The Morgan fingerprint density at radius 3 is 2.67 bits per heavy atom. The average molecular weight is 420 g/mol. The van der Waals surface area contributed by atoms with Crippen LogP contribution in [-0.4, -0.2) is 32.3 Å². The zero-order chi connectivity index (χ0) is 15.6. The molecule has 2 unspecified atom stereocenters. The molecule has 1 aromatic carbocycles. The lowest BCUT2D eigenvalue weighted by Crippen LogP contribution is -2.56. The monoisotopic (exact) mass is 418 g/mol. The highest BCUT2D eigenvalue weighted by atomic mass is 79.9. The minimum Gasteiger partial charge on any atom is -0.495 e. The van der Waals surface area contributed by atoms with Crippen LogP contribution in [0.5, 0.6) is 5.75 Å². The molecule has 0 aliphatic carbocycles. The number of halogens is 2. The van der Waals surface area contributed by atoms with Gasteiger partial charge >= 0.3 is 0 Å². The number of rotatable bonds is 4. The summed E-state index contributed by atoms with van der Waals surface area (Å²) in [6, 6.07) is 5.20. The molecule has 2 rings (SSSR count). The summed E-state index contributed by atoms with van der Waals surface area (Å²) in [6.45, 7) is 8.87. The molecule has 1 aliphatic heterocycles. The molecular weight excluding hydrogens is 396 g/mol. The van der Waals surface area contributed by atoms with Gasteiger partial charge in [0.25, 0.3) is 0 Å². The molecule has 1 aliphatic rings. The van der Waals surface area contributed by atoms with Crippen molar-refractivity contribution in [3.05, 3.63) is 21.1 Å². The number of ether oxygens (including phenoxy) is 1. The number of benzene rings is 1. The van der Waals surface area contributed by atoms with E-state index in [-0.39, 0.29) is 0 Å². The van der Waals surface area contributed by atoms with Gasteiger partial charge in [-0.15, -0.1) is 0 Å². The first-order chi connectivity index (χ1) is 9.92. The van der Waals surface area contributed by atoms with Crippen molar-refractivity contribution in [3.8, 4) is 5.75 Å². The van der Waals surface area contributed by atoms with Gasteiger partial charge in [-0.05, 0) is 57.2 Å². The van der Waals surface area contributed by atoms with E-state index in [9.17, 15) is 0 Å². The topological polar surface area (TPSA) is 24.5 Å². The SMILES string of the molecule is COc1cc(N2CC(CC(C)C)NCC2C)c(Br)cc1Br. The summed E-state index contributed by atoms with van der Waals surface area (Å²) in [4.78, 5) is 2.47. The molecule has 5 heteroatoms. The van der Waals surface area contributed by atoms with Crippen LogP contribution < -0.4 is 15.0 Å². The number of piperazine rings is 1. The van der Waals surface area contributed by atoms with E-state index in [0.29, 0.717) is 18.0 Å². The van der Waals surface area contributed by atoms with Crippen LogP contribution in [0.3, 0.4) is 0 Å². The second kappa shape index (κ2) is 7.34. The molecule has 118 valence electrons. The van der Waals surface area contributed by atoms with Gasteiger partial charge in [-0.25, -0.2) is 0 Å². The first-order valence-corrected chi connectivity index (χ1v) is 9.04. The van der Waals surface area contributed by atoms with E-state index in [1.54, 1.807) is 7.11 Å². The standard InChI is InChI=1S/C16H24Br2N2O/c1-10(2)5-12-9-20(11(3)8-19-12)15-7-16(21-4)14(18)6-13(15)17/h6-7,10-12,19H,5,8-9H2,1-4H3. The van der Waals surface area contributed by atoms with Crippen molar-refractivity contribution in [2.24, 2.45) is 5.92 Å². The van der Waals surface area contributed by atoms with E-state index in [4.69, 9.17) is 4.74 Å². The normalized spacial score (nSPS) is 22.7. The molecule has 1 aromatic rings. The lowest BCUT2D eigenvalue weighted by molar-refractivity contribution is 0.355. The van der Waals surface area contributed by atoms with E-state index >= 15 is 0 Å². The van der Waals surface area contributed by atoms with Gasteiger partial charge in [-0.3, -0.25) is 0 Å². The quantitative estimate of drug-likeness (QED) is 0.780. The molecule has 0 radical (unpaired) electrons. The first-order valence-electron chi connectivity index (χ1n) is 7.45. The molecule has 2 atom stereocenters. The summed E-state index contributed by atoms with van der Waals surface area (Å²) in [5, 5.41) is 3.66. The van der Waals surface area contributed by atoms with Crippen LogP contribution in [0.2, 0.25) is 0 Å². The fraction of sp³-hybridized carbons (Fsp3) is 0.625. The number of anilines is 1. The fourth-order valence-electron chi connectivity index (χ4n) is 2.89. The van der Waals surface area contributed by atoms with Gasteiger partial charge in [-0.2, -0.15) is 0 Å². The Bertz CT molecular complexity index is 493. The summed E-state index contributed by atoms with van der Waals surface area (Å²) < 4.78 is 7.53. The molecule has 0 spiro atoms. The largest absolute Gasteiger partial charge is 0.495 e. The van der Waals surface area contributed by atoms with Gasteiger partial charge in [-0.1, -0.05) is 13.8 Å². The Hall–Kier alpha value is -0.260. The highest BCUT2D eigenvalue weighted by Crippen LogP contribution is 2.38. The van der Waals surface area contributed by atoms with Crippen molar-refractivity contribution in [1.29, 1.82) is 0 Å². The first kappa shape index (κ1) is 17.1. The summed E-state index contributed by atoms with van der Waals surface area (Å²) in [7, 11) is 1.71. The Balaban J connectivity index is 2.26. The van der Waals surface area contributed by atoms with Crippen molar-refractivity contribution >= 4 is 37.5 Å². The van der Waals surface area contributed by atoms with Gasteiger partial charge in [0, 0.05) is 35.7 Å². The summed E-state index contributed by atoms with van der Waals surface area (Å²) in [5.74, 6) is 1.58. The van der Waals surface area contributed by atoms with Crippen LogP contribution in [0, 0.1) is 5.92 Å². The number of hydrogen-bond acceptors (Lipinski definition) is 3. The number of hydrogen-bond donors (Lipinski definition) is 1. The van der Waals surface area contributed by atoms with E-state index < -0.39 is 0 Å². The molecule has 0 bridgehead atoms. The molecule has 0 aromatic heterocycles. The lowest BCUT2D eigenvalue weighted by atomic mass is 9.99. The summed E-state index contributed by atoms with van der Waals surface area (Å²) >= 11 is 7.24. The van der Waals surface area contributed by atoms with E-state index in [1.807, 2.05) is 0 Å². The third-order valence-corrected chi connectivity index (χ3v) is 5.19. The summed E-state index contributed by atoms with van der Waals surface area (Å²) in [6.07, 6.45) is 1.20. The number of nitrogens with zero attached hydrogens (tertiary/aromatic N) is 1. The molecule has 21 heavy (non-hydrogen) atoms. The molecule has 1 N–H and O–H groups in total. The maximum Gasteiger partial charge on any atom is 0.135 e. The molecule has 0 saturated carbocycles. The fourth-order valence-corrected chi connectivity index (χ4v) is 4.27. The molecular formula is C16H24Br2N2O. The van der Waals surface area contributed by atoms with Crippen molar-refractivity contribution in [3.63, 3.8) is 0 Å². The zero-order valence-corrected chi connectivity index (χ0v) is 16.3. The average Bonchev–Trinajstić information content (AvgIpc) is 2.41. The third-order valence-electron chi connectivity index (χ3n) is 3.94. The van der Waals surface area contributed by atoms with Gasteiger partial charge in [0.2, 0.25) is 0 Å². The van der Waals surface area contributed by atoms with Gasteiger partial charge in [0.15, 0.2) is 0 Å². The minimum absolute atomic E-state index is 0.468. The summed E-state index contributed by atoms with van der Waals surface area (Å²) in [5.41, 5.74) is 1.21. The molecule has 0 amide bonds. The Labute approximate surface area is 144 Å². The lowest BCUT2D eigenvalue weighted by Gasteiger charge is -2.41. The van der Waals surface area contributed by atoms with Crippen molar-refractivity contribution in [1.82, 2.24) is 5.32 Å². The zero-order valence-electron chi connectivity index (χ0n) is 13.1. The minimum atomic E-state index is 0.468. The second-order valence-electron chi connectivity index (χ2n) is 6.17. The molecule has 1 fully saturated rings. The van der Waals surface area contributed by atoms with Gasteiger partial charge in [0.1, 0.15) is 5.75 Å².